The molecular weight excluding hydrogens is 263 g/mol. The first-order valence-corrected chi connectivity index (χ1v) is 5.06. The minimum atomic E-state index is 0.0553. The van der Waals surface area contributed by atoms with Gasteiger partial charge in [0.25, 0.3) is 0 Å². The average molecular weight is 276 g/mol. The maximum atomic E-state index is 5.94. The number of aromatic nitrogens is 1. The fourth-order valence-electron chi connectivity index (χ4n) is 0.945. The maximum Gasteiger partial charge on any atom is 0.0584 e. The van der Waals surface area contributed by atoms with Crippen molar-refractivity contribution < 1.29 is 0 Å². The van der Waals surface area contributed by atoms with E-state index in [1.54, 1.807) is 6.20 Å². The van der Waals surface area contributed by atoms with Gasteiger partial charge in [0.1, 0.15) is 0 Å². The Morgan fingerprint density at radius 2 is 2.17 bits per heavy atom. The number of hydrogen-bond acceptors (Lipinski definition) is 2. The first-order chi connectivity index (χ1) is 5.61. The molecule has 0 spiro atoms. The zero-order valence-electron chi connectivity index (χ0n) is 7.29. The van der Waals surface area contributed by atoms with E-state index in [0.29, 0.717) is 5.92 Å². The highest BCUT2D eigenvalue weighted by Gasteiger charge is 2.11. The summed E-state index contributed by atoms with van der Waals surface area (Å²) in [6.07, 6.45) is 1.80. The van der Waals surface area contributed by atoms with Gasteiger partial charge in [0, 0.05) is 15.8 Å². The first kappa shape index (κ1) is 9.92. The van der Waals surface area contributed by atoms with Gasteiger partial charge >= 0.3 is 0 Å². The van der Waals surface area contributed by atoms with Crippen LogP contribution < -0.4 is 5.73 Å². The lowest BCUT2D eigenvalue weighted by Gasteiger charge is -2.14. The van der Waals surface area contributed by atoms with Crippen LogP contribution in [0.4, 0.5) is 0 Å². The molecular formula is C9H13IN2. The summed E-state index contributed by atoms with van der Waals surface area (Å²) < 4.78 is 1.19. The van der Waals surface area contributed by atoms with Gasteiger partial charge in [-0.1, -0.05) is 13.8 Å². The quantitative estimate of drug-likeness (QED) is 0.842. The number of nitrogens with two attached hydrogens (primary N) is 1. The van der Waals surface area contributed by atoms with Gasteiger partial charge in [0.15, 0.2) is 0 Å². The lowest BCUT2D eigenvalue weighted by Crippen LogP contribution is -2.18. The highest BCUT2D eigenvalue weighted by molar-refractivity contribution is 14.1. The molecule has 1 atom stereocenters. The molecule has 0 saturated carbocycles. The van der Waals surface area contributed by atoms with Crippen LogP contribution in [0.2, 0.25) is 0 Å². The minimum absolute atomic E-state index is 0.0553. The van der Waals surface area contributed by atoms with Gasteiger partial charge in [-0.15, -0.1) is 0 Å². The largest absolute Gasteiger partial charge is 0.322 e. The van der Waals surface area contributed by atoms with Crippen molar-refractivity contribution in [3.05, 3.63) is 27.6 Å². The van der Waals surface area contributed by atoms with Crippen LogP contribution in [-0.2, 0) is 0 Å². The number of hydrogen-bond donors (Lipinski definition) is 1. The molecule has 0 fully saturated rings. The predicted molar refractivity (Wildman–Crippen MR) is 58.7 cm³/mol. The minimum Gasteiger partial charge on any atom is -0.322 e. The van der Waals surface area contributed by atoms with E-state index in [2.05, 4.69) is 41.4 Å². The normalized spacial score (nSPS) is 13.4. The van der Waals surface area contributed by atoms with Crippen molar-refractivity contribution in [2.24, 2.45) is 11.7 Å². The summed E-state index contributed by atoms with van der Waals surface area (Å²) in [6.45, 7) is 4.21. The van der Waals surface area contributed by atoms with E-state index >= 15 is 0 Å². The Hall–Kier alpha value is -0.160. The Morgan fingerprint density at radius 3 is 2.67 bits per heavy atom. The topological polar surface area (TPSA) is 38.9 Å². The molecule has 2 nitrogen and oxygen atoms in total. The molecule has 1 heterocycles. The highest BCUT2D eigenvalue weighted by Crippen LogP contribution is 2.17. The molecule has 12 heavy (non-hydrogen) atoms. The summed E-state index contributed by atoms with van der Waals surface area (Å²) in [5, 5.41) is 0. The Bertz CT molecular complexity index is 260. The van der Waals surface area contributed by atoms with Crippen molar-refractivity contribution in [2.45, 2.75) is 19.9 Å². The van der Waals surface area contributed by atoms with Gasteiger partial charge < -0.3 is 5.73 Å². The Labute approximate surface area is 86.7 Å². The lowest BCUT2D eigenvalue weighted by atomic mass is 10.0. The van der Waals surface area contributed by atoms with Crippen LogP contribution in [0.25, 0.3) is 0 Å². The van der Waals surface area contributed by atoms with Crippen LogP contribution in [0.15, 0.2) is 18.3 Å². The van der Waals surface area contributed by atoms with Crippen LogP contribution in [-0.4, -0.2) is 4.98 Å². The third-order valence-corrected chi connectivity index (χ3v) is 2.47. The second-order valence-corrected chi connectivity index (χ2v) is 4.41. The third kappa shape index (κ3) is 2.42. The summed E-state index contributed by atoms with van der Waals surface area (Å²) in [6, 6.07) is 4.06. The molecule has 66 valence electrons. The maximum absolute atomic E-state index is 5.94. The van der Waals surface area contributed by atoms with Crippen molar-refractivity contribution in [3.8, 4) is 0 Å². The Kier molecular flexibility index (Phi) is 3.46. The van der Waals surface area contributed by atoms with Crippen LogP contribution >= 0.6 is 22.6 Å². The molecule has 1 unspecified atom stereocenters. The summed E-state index contributed by atoms with van der Waals surface area (Å²) in [4.78, 5) is 4.23. The smallest absolute Gasteiger partial charge is 0.0584 e. The second kappa shape index (κ2) is 4.18. The molecule has 2 N–H and O–H groups in total. The van der Waals surface area contributed by atoms with E-state index in [1.165, 1.54) is 3.57 Å². The molecule has 0 aromatic carbocycles. The van der Waals surface area contributed by atoms with Crippen LogP contribution in [0.1, 0.15) is 25.6 Å². The number of halogens is 1. The summed E-state index contributed by atoms with van der Waals surface area (Å²) in [7, 11) is 0. The van der Waals surface area contributed by atoms with Gasteiger partial charge in [-0.25, -0.2) is 0 Å². The third-order valence-electron chi connectivity index (χ3n) is 1.80. The van der Waals surface area contributed by atoms with Crippen molar-refractivity contribution in [1.29, 1.82) is 0 Å². The highest BCUT2D eigenvalue weighted by atomic mass is 127. The van der Waals surface area contributed by atoms with E-state index in [9.17, 15) is 0 Å². The lowest BCUT2D eigenvalue weighted by molar-refractivity contribution is 0.503. The van der Waals surface area contributed by atoms with Crippen molar-refractivity contribution >= 4 is 22.6 Å². The molecule has 0 radical (unpaired) electrons. The first-order valence-electron chi connectivity index (χ1n) is 3.98. The van der Waals surface area contributed by atoms with Gasteiger partial charge in [-0.3, -0.25) is 4.98 Å². The van der Waals surface area contributed by atoms with E-state index < -0.39 is 0 Å². The van der Waals surface area contributed by atoms with E-state index in [0.717, 1.165) is 5.69 Å². The number of rotatable bonds is 2. The van der Waals surface area contributed by atoms with Crippen molar-refractivity contribution in [1.82, 2.24) is 4.98 Å². The second-order valence-electron chi connectivity index (χ2n) is 3.17. The summed E-state index contributed by atoms with van der Waals surface area (Å²) in [5.74, 6) is 0.440. The fourth-order valence-corrected chi connectivity index (χ4v) is 1.42. The van der Waals surface area contributed by atoms with Crippen LogP contribution in [0.5, 0.6) is 0 Å². The SMILES string of the molecule is CC(C)C(N)c1cc(I)ccn1. The van der Waals surface area contributed by atoms with Crippen molar-refractivity contribution in [2.75, 3.05) is 0 Å². The molecule has 0 aliphatic heterocycles. The summed E-state index contributed by atoms with van der Waals surface area (Å²) in [5.41, 5.74) is 6.92. The molecule has 1 aromatic heterocycles. The van der Waals surface area contributed by atoms with Gasteiger partial charge in [-0.05, 0) is 40.6 Å². The Balaban J connectivity index is 2.88. The molecule has 0 aliphatic carbocycles. The zero-order valence-corrected chi connectivity index (χ0v) is 9.45. The van der Waals surface area contributed by atoms with E-state index in [-0.39, 0.29) is 6.04 Å². The molecule has 3 heteroatoms. The molecule has 1 rings (SSSR count). The Morgan fingerprint density at radius 1 is 1.50 bits per heavy atom. The fraction of sp³-hybridized carbons (Fsp3) is 0.444. The van der Waals surface area contributed by atoms with Gasteiger partial charge in [0.05, 0.1) is 5.69 Å². The molecule has 0 saturated heterocycles. The van der Waals surface area contributed by atoms with Crippen LogP contribution in [0, 0.1) is 9.49 Å². The van der Waals surface area contributed by atoms with E-state index in [4.69, 9.17) is 5.73 Å². The molecule has 0 aliphatic rings. The van der Waals surface area contributed by atoms with Gasteiger partial charge in [0.2, 0.25) is 0 Å². The van der Waals surface area contributed by atoms with Crippen LogP contribution in [0.3, 0.4) is 0 Å². The standard InChI is InChI=1S/C9H13IN2/c1-6(2)9(11)8-5-7(10)3-4-12-8/h3-6,9H,11H2,1-2H3. The van der Waals surface area contributed by atoms with Gasteiger partial charge in [-0.2, -0.15) is 0 Å². The predicted octanol–water partition coefficient (Wildman–Crippen LogP) is 2.34. The molecule has 0 bridgehead atoms. The molecule has 1 aromatic rings. The monoisotopic (exact) mass is 276 g/mol. The average Bonchev–Trinajstić information content (AvgIpc) is 2.03. The summed E-state index contributed by atoms with van der Waals surface area (Å²) >= 11 is 2.27. The van der Waals surface area contributed by atoms with E-state index in [1.807, 2.05) is 12.1 Å². The molecule has 0 amide bonds. The number of pyridine rings is 1. The number of nitrogens with zero attached hydrogens (tertiary/aromatic N) is 1. The zero-order chi connectivity index (χ0) is 9.14. The van der Waals surface area contributed by atoms with Crippen molar-refractivity contribution in [3.63, 3.8) is 0 Å².